The van der Waals surface area contributed by atoms with E-state index in [0.29, 0.717) is 5.75 Å². The van der Waals surface area contributed by atoms with E-state index in [2.05, 4.69) is 189 Å². The molecule has 0 aliphatic carbocycles. The third kappa shape index (κ3) is 23.0. The Morgan fingerprint density at radius 3 is 1.48 bits per heavy atom. The molecule has 0 bridgehead atoms. The summed E-state index contributed by atoms with van der Waals surface area (Å²) >= 11 is 2.08. The quantitative estimate of drug-likeness (QED) is 0.0480. The van der Waals surface area contributed by atoms with E-state index in [1.807, 2.05) is 36.4 Å². The van der Waals surface area contributed by atoms with Crippen molar-refractivity contribution in [1.29, 1.82) is 0 Å². The van der Waals surface area contributed by atoms with Gasteiger partial charge in [-0.3, -0.25) is 0 Å². The Labute approximate surface area is 316 Å². The predicted octanol–water partition coefficient (Wildman–Crippen LogP) is 10.2. The molecule has 2 rings (SSSR count). The monoisotopic (exact) mass is 803 g/mol. The zero-order valence-corrected chi connectivity index (χ0v) is 30.9. The van der Waals surface area contributed by atoms with Gasteiger partial charge in [-0.05, 0) is 77.2 Å². The van der Waals surface area contributed by atoms with Crippen LogP contribution in [0.15, 0.2) is 183 Å². The van der Waals surface area contributed by atoms with Crippen LogP contribution in [0, 0.1) is 0 Å². The predicted molar refractivity (Wildman–Crippen MR) is 178 cm³/mol. The summed E-state index contributed by atoms with van der Waals surface area (Å²) in [4.78, 5) is 0. The Bertz CT molecular complexity index is 1830. The Balaban J connectivity index is 0.000000551. The van der Waals surface area contributed by atoms with Crippen LogP contribution in [0.2, 0.25) is 0 Å². The topological polar surface area (TPSA) is 400 Å². The molecule has 0 saturated heterocycles. The number of unbranched alkanes of at least 4 members (excludes halogenated alkanes) is 3. The van der Waals surface area contributed by atoms with Gasteiger partial charge < -0.3 is 16.1 Å². The van der Waals surface area contributed by atoms with E-state index in [4.69, 9.17) is 0 Å². The van der Waals surface area contributed by atoms with Gasteiger partial charge in [-0.25, -0.2) is 0 Å². The van der Waals surface area contributed by atoms with Gasteiger partial charge in [0.1, 0.15) is 5.75 Å². The number of rotatable bonds is 21. The summed E-state index contributed by atoms with van der Waals surface area (Å²) in [6.45, 7) is 6.74. The summed E-state index contributed by atoms with van der Waals surface area (Å²) in [6.07, 6.45) is 6.18. The Hall–Kier alpha value is -6.60. The van der Waals surface area contributed by atoms with Gasteiger partial charge in [0, 0.05) is 47.3 Å². The zero-order chi connectivity index (χ0) is 39.4. The minimum absolute atomic E-state index is 0.0114. The van der Waals surface area contributed by atoms with Gasteiger partial charge in [-0.2, -0.15) is 0 Å². The van der Waals surface area contributed by atoms with Crippen molar-refractivity contribution in [3.8, 4) is 16.9 Å². The maximum absolute atomic E-state index is 10.5. The van der Waals surface area contributed by atoms with Gasteiger partial charge in [0.2, 0.25) is 0 Å². The SMILES string of the molecule is CCCCCCC(C)(C)c1ccc(-c2cccc(CO)c2)c(O)c1.N/N=N/N=N/N=N/N=N/N=N/N=N/N=N/N=N/N=N/N=N/N=N/N=N/N=N/N=[S]=[V]. The first-order valence-corrected chi connectivity index (χ1v) is 17.3. The first-order chi connectivity index (χ1) is 26.4. The Morgan fingerprint density at radius 1 is 0.611 bits per heavy atom. The molecule has 0 aromatic heterocycles. The fraction of sp³-hybridized carbons (Fsp3) is 0.455. The first-order valence-electron chi connectivity index (χ1n) is 14.8. The number of benzene rings is 2. The third-order valence-corrected chi connectivity index (χ3v) is 6.43. The standard InChI is InChI=1S/C22H30O2.H2N28S.V/c1-4-5-6-7-13-22(2,3)19-11-12-20(21(24)15-19)18-10-8-9-17(14-18)16-23;1-2-3-4-5-6-7-8-9-10-11-12-13-14-15-16-17-18-19-20-21-22-23-24-25-26-27-28-29;/h8-12,14-15,23-24H,4-7,13,16H2,1-3H3;(H2,1,3,5,7,9,11,13,15,17,19,21,23,25,27,29);. The van der Waals surface area contributed by atoms with E-state index >= 15 is 0 Å². The van der Waals surface area contributed by atoms with Crippen molar-refractivity contribution in [3.05, 3.63) is 53.6 Å². The van der Waals surface area contributed by atoms with E-state index in [-0.39, 0.29) is 12.0 Å². The van der Waals surface area contributed by atoms with Crippen LogP contribution in [0.1, 0.15) is 64.0 Å². The fourth-order valence-electron chi connectivity index (χ4n) is 3.64. The number of nitrogens with two attached hydrogens (primary N) is 1. The molecular formula is C22H32N28O2SV. The molecule has 283 valence electrons. The van der Waals surface area contributed by atoms with Crippen LogP contribution < -0.4 is 5.84 Å². The summed E-state index contributed by atoms with van der Waals surface area (Å²) in [6, 6.07) is 13.7. The second-order valence-corrected chi connectivity index (χ2v) is 10.9. The summed E-state index contributed by atoms with van der Waals surface area (Å²) in [7, 11) is 1.02. The number of aliphatic hydroxyl groups is 1. The summed E-state index contributed by atoms with van der Waals surface area (Å²) in [5.41, 5.74) is 3.85. The summed E-state index contributed by atoms with van der Waals surface area (Å²) in [5, 5.41) is 97.8. The summed E-state index contributed by atoms with van der Waals surface area (Å²) < 4.78 is 3.37. The molecule has 0 aliphatic rings. The molecular weight excluding hydrogens is 771 g/mol. The van der Waals surface area contributed by atoms with Crippen molar-refractivity contribution >= 4 is 9.21 Å². The van der Waals surface area contributed by atoms with Crippen molar-refractivity contribution < 1.29 is 25.9 Å². The minimum atomic E-state index is 0.0114. The number of aromatic hydroxyl groups is 1. The average Bonchev–Trinajstić information content (AvgIpc) is 3.18. The van der Waals surface area contributed by atoms with Crippen LogP contribution in [0.5, 0.6) is 5.75 Å². The van der Waals surface area contributed by atoms with Crippen molar-refractivity contribution in [1.82, 2.24) is 0 Å². The molecule has 4 N–H and O–H groups in total. The van der Waals surface area contributed by atoms with Gasteiger partial charge in [0.05, 0.1) is 6.61 Å². The van der Waals surface area contributed by atoms with Gasteiger partial charge in [0.25, 0.3) is 0 Å². The van der Waals surface area contributed by atoms with E-state index < -0.39 is 0 Å². The first kappa shape index (κ1) is 45.4. The molecule has 0 saturated carbocycles. The molecule has 30 nitrogen and oxygen atoms in total. The second kappa shape index (κ2) is 31.2. The molecule has 32 heteroatoms. The maximum atomic E-state index is 10.5. The van der Waals surface area contributed by atoms with Crippen LogP contribution >= 0.6 is 0 Å². The molecule has 0 unspecified atom stereocenters. The molecule has 0 heterocycles. The molecule has 2 aromatic rings. The summed E-state index contributed by atoms with van der Waals surface area (Å²) in [5.74, 6) is 4.92. The van der Waals surface area contributed by atoms with Gasteiger partial charge in [-0.1, -0.05) is 82.0 Å². The van der Waals surface area contributed by atoms with Gasteiger partial charge in [-0.15, -0.1) is 0 Å². The van der Waals surface area contributed by atoms with E-state index in [0.717, 1.165) is 32.3 Å². The molecule has 0 aliphatic heterocycles. The Kier molecular flexibility index (Phi) is 26.2. The van der Waals surface area contributed by atoms with E-state index in [9.17, 15) is 10.2 Å². The van der Waals surface area contributed by atoms with Crippen molar-refractivity contribution in [3.63, 3.8) is 0 Å². The van der Waals surface area contributed by atoms with Crippen LogP contribution in [-0.4, -0.2) is 10.2 Å². The van der Waals surface area contributed by atoms with Crippen LogP contribution in [0.3, 0.4) is 0 Å². The van der Waals surface area contributed by atoms with Crippen molar-refractivity contribution in [2.75, 3.05) is 0 Å². The van der Waals surface area contributed by atoms with Crippen molar-refractivity contribution in [2.45, 2.75) is 64.9 Å². The van der Waals surface area contributed by atoms with Crippen molar-refractivity contribution in [2.24, 2.45) is 146 Å². The number of phenolic OH excluding ortho intramolecular Hbond substituents is 1. The van der Waals surface area contributed by atoms with Gasteiger partial charge in [0.15, 0.2) is 0 Å². The molecule has 0 amide bonds. The number of aliphatic hydroxyl groups excluding tert-OH is 1. The molecule has 0 spiro atoms. The third-order valence-electron chi connectivity index (χ3n) is 5.94. The average molecular weight is 804 g/mol. The molecule has 0 radical (unpaired) electrons. The number of nitrogens with zero attached hydrogens (tertiary/aromatic N) is 27. The Morgan fingerprint density at radius 2 is 1.07 bits per heavy atom. The zero-order valence-electron chi connectivity index (χ0n) is 28.7. The molecule has 0 fully saturated rings. The number of hydrogen-bond donors (Lipinski definition) is 3. The normalized spacial score (nSPS) is 13.2. The van der Waals surface area contributed by atoms with E-state index in [1.54, 1.807) is 0 Å². The molecule has 54 heavy (non-hydrogen) atoms. The van der Waals surface area contributed by atoms with Crippen LogP contribution in [0.25, 0.3) is 11.1 Å². The van der Waals surface area contributed by atoms with Gasteiger partial charge >= 0.3 is 81.6 Å². The van der Waals surface area contributed by atoms with Crippen LogP contribution in [0.4, 0.5) is 0 Å². The van der Waals surface area contributed by atoms with Crippen LogP contribution in [-0.2, 0) is 37.0 Å². The second-order valence-electron chi connectivity index (χ2n) is 9.80. The fourth-order valence-corrected chi connectivity index (χ4v) is 3.86. The molecule has 0 atom stereocenters. The number of hydrogen-bond acceptors (Lipinski definition) is 3. The van der Waals surface area contributed by atoms with E-state index in [1.165, 1.54) is 31.2 Å². The molecule has 2 aromatic carbocycles. The number of phenols is 1.